The third kappa shape index (κ3) is 9.84. The van der Waals surface area contributed by atoms with Crippen molar-refractivity contribution in [1.29, 1.82) is 0 Å². The van der Waals surface area contributed by atoms with Crippen molar-refractivity contribution in [3.05, 3.63) is 0 Å². The van der Waals surface area contributed by atoms with Crippen LogP contribution in [0, 0.1) is 0 Å². The fraction of sp³-hybridized carbons (Fsp3) is 1.00. The molecule has 0 aliphatic carbocycles. The van der Waals surface area contributed by atoms with E-state index in [1.54, 1.807) is 0 Å². The average Bonchev–Trinajstić information content (AvgIpc) is 2.56. The molecule has 1 atom stereocenters. The molecule has 2 heteroatoms. The topological polar surface area (TPSA) is 17.3 Å². The van der Waals surface area contributed by atoms with Crippen molar-refractivity contribution in [3.8, 4) is 0 Å². The molecule has 2 nitrogen and oxygen atoms in total. The van der Waals surface area contributed by atoms with Gasteiger partial charge < -0.3 is 0 Å². The number of rotatable bonds is 14. The Morgan fingerprint density at radius 3 is 1.77 bits per heavy atom. The fourth-order valence-electron chi connectivity index (χ4n) is 3.70. The van der Waals surface area contributed by atoms with Crippen LogP contribution in [0.2, 0.25) is 0 Å². The van der Waals surface area contributed by atoms with E-state index in [4.69, 9.17) is 0 Å². The zero-order chi connectivity index (χ0) is 15.9. The van der Waals surface area contributed by atoms with Crippen LogP contribution in [0.25, 0.3) is 0 Å². The van der Waals surface area contributed by atoms with Gasteiger partial charge in [0.1, 0.15) is 0 Å². The van der Waals surface area contributed by atoms with Gasteiger partial charge in [-0.15, -0.1) is 0 Å². The predicted octanol–water partition coefficient (Wildman–Crippen LogP) is 5.39. The zero-order valence-corrected chi connectivity index (χ0v) is 15.5. The molecule has 0 saturated carbocycles. The van der Waals surface area contributed by atoms with Crippen molar-refractivity contribution in [2.24, 2.45) is 0 Å². The van der Waals surface area contributed by atoms with Crippen molar-refractivity contribution in [3.63, 3.8) is 0 Å². The predicted molar refractivity (Wildman–Crippen MR) is 98.6 cm³/mol. The van der Waals surface area contributed by atoms with E-state index in [2.05, 4.69) is 24.1 Å². The lowest BCUT2D eigenvalue weighted by molar-refractivity contribution is 0.152. The monoisotopic (exact) mass is 309 g/mol. The summed E-state index contributed by atoms with van der Waals surface area (Å²) in [6.07, 6.45) is 18.6. The third-order valence-electron chi connectivity index (χ3n) is 5.12. The van der Waals surface area contributed by atoms with E-state index in [1.165, 1.54) is 96.6 Å². The molecular formula is C20H41N2. The van der Waals surface area contributed by atoms with Gasteiger partial charge in [0, 0.05) is 32.2 Å². The van der Waals surface area contributed by atoms with Crippen molar-refractivity contribution in [2.75, 3.05) is 26.2 Å². The van der Waals surface area contributed by atoms with Gasteiger partial charge in [0.15, 0.2) is 0 Å². The van der Waals surface area contributed by atoms with Crippen LogP contribution in [0.3, 0.4) is 0 Å². The maximum atomic E-state index is 4.48. The molecule has 1 heterocycles. The van der Waals surface area contributed by atoms with Crippen LogP contribution in [0.1, 0.15) is 97.3 Å². The summed E-state index contributed by atoms with van der Waals surface area (Å²) in [7, 11) is 0. The van der Waals surface area contributed by atoms with E-state index in [0.717, 1.165) is 19.1 Å². The minimum atomic E-state index is 0.842. The van der Waals surface area contributed by atoms with Gasteiger partial charge in [-0.3, -0.25) is 4.90 Å². The van der Waals surface area contributed by atoms with E-state index in [9.17, 15) is 0 Å². The molecule has 0 spiro atoms. The molecule has 22 heavy (non-hydrogen) atoms. The molecule has 1 aliphatic rings. The molecule has 1 fully saturated rings. The minimum absolute atomic E-state index is 0.842. The van der Waals surface area contributed by atoms with Gasteiger partial charge >= 0.3 is 0 Å². The molecule has 1 aliphatic heterocycles. The van der Waals surface area contributed by atoms with Crippen molar-refractivity contribution in [1.82, 2.24) is 10.2 Å². The molecule has 0 aromatic carbocycles. The molecule has 131 valence electrons. The standard InChI is InChI=1S/C20H41N2/c1-3-5-6-7-8-9-10-11-12-13-15-20(14-4-2)22-18-16-21-17-19-22/h20H,3-19H2,1-2H3. The molecule has 1 radical (unpaired) electrons. The summed E-state index contributed by atoms with van der Waals surface area (Å²) in [6, 6.07) is 0.842. The SMILES string of the molecule is CCCCCCCCCCCCC(CCC)N1CC[N]CC1. The lowest BCUT2D eigenvalue weighted by Gasteiger charge is -2.34. The Labute approximate surface area is 140 Å². The Morgan fingerprint density at radius 1 is 0.682 bits per heavy atom. The maximum absolute atomic E-state index is 4.48. The highest BCUT2D eigenvalue weighted by Gasteiger charge is 2.19. The van der Waals surface area contributed by atoms with Crippen molar-refractivity contribution >= 4 is 0 Å². The molecule has 1 saturated heterocycles. The average molecular weight is 310 g/mol. The van der Waals surface area contributed by atoms with Gasteiger partial charge in [-0.05, 0) is 12.8 Å². The van der Waals surface area contributed by atoms with E-state index < -0.39 is 0 Å². The maximum Gasteiger partial charge on any atom is 0.0261 e. The normalized spacial score (nSPS) is 17.7. The zero-order valence-electron chi connectivity index (χ0n) is 15.5. The Hall–Kier alpha value is -0.0800. The van der Waals surface area contributed by atoms with E-state index >= 15 is 0 Å². The smallest absolute Gasteiger partial charge is 0.0261 e. The van der Waals surface area contributed by atoms with Crippen molar-refractivity contribution in [2.45, 2.75) is 103 Å². The van der Waals surface area contributed by atoms with Gasteiger partial charge in [0.05, 0.1) is 0 Å². The lowest BCUT2D eigenvalue weighted by Crippen LogP contribution is -2.46. The summed E-state index contributed by atoms with van der Waals surface area (Å²) in [5, 5.41) is 4.48. The molecule has 0 N–H and O–H groups in total. The minimum Gasteiger partial charge on any atom is -0.298 e. The molecule has 1 rings (SSSR count). The van der Waals surface area contributed by atoms with Crippen LogP contribution in [0.4, 0.5) is 0 Å². The van der Waals surface area contributed by atoms with Crippen LogP contribution < -0.4 is 5.32 Å². The van der Waals surface area contributed by atoms with Gasteiger partial charge in [-0.1, -0.05) is 84.5 Å². The number of piperazine rings is 1. The van der Waals surface area contributed by atoms with Gasteiger partial charge in [-0.25, -0.2) is 5.32 Å². The van der Waals surface area contributed by atoms with Crippen LogP contribution in [-0.4, -0.2) is 37.1 Å². The molecule has 0 aromatic heterocycles. The number of hydrogen-bond acceptors (Lipinski definition) is 1. The van der Waals surface area contributed by atoms with Crippen LogP contribution in [0.5, 0.6) is 0 Å². The largest absolute Gasteiger partial charge is 0.298 e. The first-order valence-corrected chi connectivity index (χ1v) is 10.3. The summed E-state index contributed by atoms with van der Waals surface area (Å²) >= 11 is 0. The first-order chi connectivity index (χ1) is 10.9. The Bertz CT molecular complexity index is 224. The van der Waals surface area contributed by atoms with E-state index in [1.807, 2.05) is 0 Å². The van der Waals surface area contributed by atoms with Gasteiger partial charge in [0.25, 0.3) is 0 Å². The van der Waals surface area contributed by atoms with Crippen molar-refractivity contribution < 1.29 is 0 Å². The van der Waals surface area contributed by atoms with Gasteiger partial charge in [0.2, 0.25) is 0 Å². The highest BCUT2D eigenvalue weighted by molar-refractivity contribution is 4.76. The second-order valence-electron chi connectivity index (χ2n) is 7.12. The summed E-state index contributed by atoms with van der Waals surface area (Å²) in [5.74, 6) is 0. The second kappa shape index (κ2) is 14.5. The summed E-state index contributed by atoms with van der Waals surface area (Å²) in [4.78, 5) is 2.71. The quantitative estimate of drug-likeness (QED) is 0.393. The third-order valence-corrected chi connectivity index (χ3v) is 5.12. The lowest BCUT2D eigenvalue weighted by atomic mass is 10.00. The molecule has 0 amide bonds. The summed E-state index contributed by atoms with van der Waals surface area (Å²) in [5.41, 5.74) is 0. The van der Waals surface area contributed by atoms with E-state index in [-0.39, 0.29) is 0 Å². The Kier molecular flexibility index (Phi) is 13.2. The van der Waals surface area contributed by atoms with Crippen LogP contribution in [0.15, 0.2) is 0 Å². The molecule has 0 bridgehead atoms. The highest BCUT2D eigenvalue weighted by atomic mass is 15.2. The highest BCUT2D eigenvalue weighted by Crippen LogP contribution is 2.17. The number of nitrogens with zero attached hydrogens (tertiary/aromatic N) is 2. The van der Waals surface area contributed by atoms with E-state index in [0.29, 0.717) is 0 Å². The first-order valence-electron chi connectivity index (χ1n) is 10.3. The number of hydrogen-bond donors (Lipinski definition) is 0. The molecule has 0 aromatic rings. The van der Waals surface area contributed by atoms with Crippen LogP contribution in [-0.2, 0) is 0 Å². The number of unbranched alkanes of at least 4 members (excludes halogenated alkanes) is 9. The van der Waals surface area contributed by atoms with Gasteiger partial charge in [-0.2, -0.15) is 0 Å². The fourth-order valence-corrected chi connectivity index (χ4v) is 3.70. The summed E-state index contributed by atoms with van der Waals surface area (Å²) in [6.45, 7) is 9.19. The first kappa shape index (κ1) is 20.0. The molecular weight excluding hydrogens is 268 g/mol. The molecule has 1 unspecified atom stereocenters. The Balaban J connectivity index is 1.96. The van der Waals surface area contributed by atoms with Crippen LogP contribution >= 0.6 is 0 Å². The second-order valence-corrected chi connectivity index (χ2v) is 7.12. The summed E-state index contributed by atoms with van der Waals surface area (Å²) < 4.78 is 0. The Morgan fingerprint density at radius 2 is 1.23 bits per heavy atom.